The zero-order chi connectivity index (χ0) is 15.4. The molecule has 22 heavy (non-hydrogen) atoms. The maximum absolute atomic E-state index is 12.2. The van der Waals surface area contributed by atoms with Crippen LogP contribution < -0.4 is 0 Å². The van der Waals surface area contributed by atoms with Crippen molar-refractivity contribution in [2.45, 2.75) is 13.5 Å². The van der Waals surface area contributed by atoms with Crippen LogP contribution in [-0.4, -0.2) is 41.9 Å². The smallest absolute Gasteiger partial charge is 0.246 e. The summed E-state index contributed by atoms with van der Waals surface area (Å²) < 4.78 is 0. The van der Waals surface area contributed by atoms with Crippen LogP contribution in [0.2, 0.25) is 0 Å². The van der Waals surface area contributed by atoms with Crippen molar-refractivity contribution in [2.75, 3.05) is 26.2 Å². The van der Waals surface area contributed by atoms with Gasteiger partial charge >= 0.3 is 0 Å². The molecule has 0 N–H and O–H groups in total. The predicted molar refractivity (Wildman–Crippen MR) is 94.3 cm³/mol. The highest BCUT2D eigenvalue weighted by Crippen LogP contribution is 2.17. The van der Waals surface area contributed by atoms with Crippen LogP contribution in [0.15, 0.2) is 35.0 Å². The molecule has 0 aliphatic carbocycles. The molecule has 3 nitrogen and oxygen atoms in total. The lowest BCUT2D eigenvalue weighted by Crippen LogP contribution is -2.47. The normalized spacial score (nSPS) is 16.5. The number of carbonyl (C=O) groups is 1. The van der Waals surface area contributed by atoms with Crippen molar-refractivity contribution < 1.29 is 4.79 Å². The molecule has 0 atom stereocenters. The van der Waals surface area contributed by atoms with Gasteiger partial charge in [0.25, 0.3) is 0 Å². The summed E-state index contributed by atoms with van der Waals surface area (Å²) in [6, 6.07) is 6.31. The first-order valence-corrected chi connectivity index (χ1v) is 9.23. The van der Waals surface area contributed by atoms with Crippen molar-refractivity contribution in [1.82, 2.24) is 9.80 Å². The van der Waals surface area contributed by atoms with Crippen molar-refractivity contribution in [3.63, 3.8) is 0 Å². The van der Waals surface area contributed by atoms with Crippen molar-refractivity contribution in [3.05, 3.63) is 50.4 Å². The van der Waals surface area contributed by atoms with E-state index in [4.69, 9.17) is 0 Å². The van der Waals surface area contributed by atoms with Gasteiger partial charge < -0.3 is 4.90 Å². The summed E-state index contributed by atoms with van der Waals surface area (Å²) in [4.78, 5) is 19.0. The number of amides is 1. The average molecular weight is 332 g/mol. The van der Waals surface area contributed by atoms with Gasteiger partial charge in [0.1, 0.15) is 0 Å². The molecule has 0 radical (unpaired) electrons. The summed E-state index contributed by atoms with van der Waals surface area (Å²) in [5, 5.41) is 4.31. The van der Waals surface area contributed by atoms with Crippen LogP contribution in [0.5, 0.6) is 0 Å². The van der Waals surface area contributed by atoms with E-state index in [9.17, 15) is 4.79 Å². The fraction of sp³-hybridized carbons (Fsp3) is 0.353. The van der Waals surface area contributed by atoms with Gasteiger partial charge in [0, 0.05) is 48.6 Å². The van der Waals surface area contributed by atoms with E-state index in [1.165, 1.54) is 10.4 Å². The Morgan fingerprint density at radius 3 is 2.68 bits per heavy atom. The second-order valence-corrected chi connectivity index (χ2v) is 7.61. The zero-order valence-electron chi connectivity index (χ0n) is 12.7. The van der Waals surface area contributed by atoms with E-state index in [-0.39, 0.29) is 5.91 Å². The van der Waals surface area contributed by atoms with E-state index >= 15 is 0 Å². The first-order chi connectivity index (χ1) is 10.7. The molecule has 0 unspecified atom stereocenters. The standard InChI is InChI=1S/C17H20N2OS2/c1-14-2-3-16(22-14)4-5-17(20)19-9-7-18(8-10-19)12-15-6-11-21-13-15/h2-6,11,13H,7-10,12H2,1H3/b5-4+. The molecule has 5 heteroatoms. The van der Waals surface area contributed by atoms with Gasteiger partial charge in [-0.2, -0.15) is 11.3 Å². The van der Waals surface area contributed by atoms with Gasteiger partial charge in [-0.1, -0.05) is 0 Å². The summed E-state index contributed by atoms with van der Waals surface area (Å²) in [7, 11) is 0. The highest BCUT2D eigenvalue weighted by atomic mass is 32.1. The lowest BCUT2D eigenvalue weighted by Gasteiger charge is -2.34. The molecular formula is C17H20N2OS2. The summed E-state index contributed by atoms with van der Waals surface area (Å²) >= 11 is 3.45. The monoisotopic (exact) mass is 332 g/mol. The summed E-state index contributed by atoms with van der Waals surface area (Å²) in [6.45, 7) is 6.61. The maximum atomic E-state index is 12.2. The van der Waals surface area contributed by atoms with Gasteiger partial charge in [-0.15, -0.1) is 11.3 Å². The number of carbonyl (C=O) groups excluding carboxylic acids is 1. The lowest BCUT2D eigenvalue weighted by atomic mass is 10.2. The minimum atomic E-state index is 0.126. The van der Waals surface area contributed by atoms with Gasteiger partial charge in [-0.25, -0.2) is 0 Å². The highest BCUT2D eigenvalue weighted by molar-refractivity contribution is 7.12. The largest absolute Gasteiger partial charge is 0.337 e. The van der Waals surface area contributed by atoms with Gasteiger partial charge in [0.15, 0.2) is 0 Å². The third-order valence-electron chi connectivity index (χ3n) is 3.82. The summed E-state index contributed by atoms with van der Waals surface area (Å²) in [6.07, 6.45) is 3.64. The van der Waals surface area contributed by atoms with Crippen molar-refractivity contribution >= 4 is 34.7 Å². The second kappa shape index (κ2) is 7.22. The number of piperazine rings is 1. The van der Waals surface area contributed by atoms with Gasteiger partial charge in [0.2, 0.25) is 5.91 Å². The van der Waals surface area contributed by atoms with Gasteiger partial charge in [0.05, 0.1) is 0 Å². The topological polar surface area (TPSA) is 23.6 Å². The van der Waals surface area contributed by atoms with E-state index in [0.717, 1.165) is 37.6 Å². The van der Waals surface area contributed by atoms with E-state index in [1.54, 1.807) is 28.7 Å². The Kier molecular flexibility index (Phi) is 5.08. The lowest BCUT2D eigenvalue weighted by molar-refractivity contribution is -0.127. The third-order valence-corrected chi connectivity index (χ3v) is 5.52. The van der Waals surface area contributed by atoms with E-state index in [2.05, 4.69) is 40.8 Å². The molecule has 0 spiro atoms. The van der Waals surface area contributed by atoms with Gasteiger partial charge in [-0.05, 0) is 47.5 Å². The number of hydrogen-bond acceptors (Lipinski definition) is 4. The molecule has 1 saturated heterocycles. The molecule has 3 heterocycles. The molecular weight excluding hydrogens is 312 g/mol. The Bertz CT molecular complexity index is 637. The molecule has 1 aliphatic rings. The summed E-state index contributed by atoms with van der Waals surface area (Å²) in [5.74, 6) is 0.126. The molecule has 1 aliphatic heterocycles. The summed E-state index contributed by atoms with van der Waals surface area (Å²) in [5.41, 5.74) is 1.37. The SMILES string of the molecule is Cc1ccc(/C=C/C(=O)N2CCN(Cc3ccsc3)CC2)s1. The van der Waals surface area contributed by atoms with Gasteiger partial charge in [-0.3, -0.25) is 9.69 Å². The Balaban J connectivity index is 1.48. The van der Waals surface area contributed by atoms with Crippen LogP contribution in [0.25, 0.3) is 6.08 Å². The van der Waals surface area contributed by atoms with Crippen LogP contribution in [0.1, 0.15) is 15.3 Å². The zero-order valence-corrected chi connectivity index (χ0v) is 14.3. The van der Waals surface area contributed by atoms with E-state index in [1.807, 2.05) is 11.0 Å². The molecule has 2 aromatic heterocycles. The first-order valence-electron chi connectivity index (χ1n) is 7.47. The van der Waals surface area contributed by atoms with Crippen LogP contribution in [0, 0.1) is 6.92 Å². The van der Waals surface area contributed by atoms with Crippen molar-refractivity contribution in [1.29, 1.82) is 0 Å². The number of thiophene rings is 2. The van der Waals surface area contributed by atoms with Crippen molar-refractivity contribution in [2.24, 2.45) is 0 Å². The highest BCUT2D eigenvalue weighted by Gasteiger charge is 2.19. The molecule has 2 aromatic rings. The molecule has 0 bridgehead atoms. The van der Waals surface area contributed by atoms with E-state index in [0.29, 0.717) is 0 Å². The number of nitrogens with zero attached hydrogens (tertiary/aromatic N) is 2. The third kappa shape index (κ3) is 4.06. The molecule has 0 saturated carbocycles. The molecule has 1 amide bonds. The fourth-order valence-corrected chi connectivity index (χ4v) is 4.01. The molecule has 3 rings (SSSR count). The minimum Gasteiger partial charge on any atom is -0.337 e. The van der Waals surface area contributed by atoms with Crippen molar-refractivity contribution in [3.8, 4) is 0 Å². The van der Waals surface area contributed by atoms with E-state index < -0.39 is 0 Å². The quantitative estimate of drug-likeness (QED) is 0.800. The van der Waals surface area contributed by atoms with Crippen LogP contribution in [-0.2, 0) is 11.3 Å². The molecule has 0 aromatic carbocycles. The molecule has 116 valence electrons. The fourth-order valence-electron chi connectivity index (χ4n) is 2.57. The van der Waals surface area contributed by atoms with Crippen LogP contribution in [0.3, 0.4) is 0 Å². The first kappa shape index (κ1) is 15.5. The molecule has 1 fully saturated rings. The number of hydrogen-bond donors (Lipinski definition) is 0. The second-order valence-electron chi connectivity index (χ2n) is 5.51. The predicted octanol–water partition coefficient (Wildman–Crippen LogP) is 3.48. The Hall–Kier alpha value is -1.43. The number of rotatable bonds is 4. The number of aryl methyl sites for hydroxylation is 1. The maximum Gasteiger partial charge on any atom is 0.246 e. The van der Waals surface area contributed by atoms with Crippen LogP contribution >= 0.6 is 22.7 Å². The minimum absolute atomic E-state index is 0.126. The average Bonchev–Trinajstić information content (AvgIpc) is 3.17. The van der Waals surface area contributed by atoms with Crippen LogP contribution in [0.4, 0.5) is 0 Å². The Labute approximate surface area is 139 Å². The Morgan fingerprint density at radius 2 is 2.05 bits per heavy atom. The Morgan fingerprint density at radius 1 is 1.23 bits per heavy atom.